The van der Waals surface area contributed by atoms with E-state index < -0.39 is 28.9 Å². The van der Waals surface area contributed by atoms with Gasteiger partial charge in [0.1, 0.15) is 17.1 Å². The summed E-state index contributed by atoms with van der Waals surface area (Å²) in [6, 6.07) is 12.4. The summed E-state index contributed by atoms with van der Waals surface area (Å²) < 4.78 is 46.9. The zero-order valence-corrected chi connectivity index (χ0v) is 16.8. The van der Waals surface area contributed by atoms with Crippen LogP contribution in [0, 0.1) is 6.92 Å². The van der Waals surface area contributed by atoms with Crippen molar-refractivity contribution < 1.29 is 22.7 Å². The van der Waals surface area contributed by atoms with E-state index >= 15 is 0 Å². The van der Waals surface area contributed by atoms with Crippen molar-refractivity contribution in [3.8, 4) is 17.0 Å². The van der Waals surface area contributed by atoms with Crippen LogP contribution < -0.4 is 15.6 Å². The van der Waals surface area contributed by atoms with Gasteiger partial charge in [-0.2, -0.15) is 22.7 Å². The Morgan fingerprint density at radius 2 is 1.81 bits per heavy atom. The summed E-state index contributed by atoms with van der Waals surface area (Å²) in [5.41, 5.74) is -2.84. The lowest BCUT2D eigenvalue weighted by Crippen LogP contribution is -2.29. The van der Waals surface area contributed by atoms with E-state index in [1.165, 1.54) is 32.2 Å². The number of fused-ring (bicyclic) bond motifs is 1. The van der Waals surface area contributed by atoms with E-state index in [1.54, 1.807) is 30.3 Å². The summed E-state index contributed by atoms with van der Waals surface area (Å²) >= 11 is 0. The van der Waals surface area contributed by atoms with Crippen LogP contribution in [0.2, 0.25) is 0 Å². The molecule has 2 N–H and O–H groups in total. The molecule has 11 heteroatoms. The molecule has 0 radical (unpaired) electrons. The number of amides is 1. The van der Waals surface area contributed by atoms with E-state index in [4.69, 9.17) is 4.74 Å². The van der Waals surface area contributed by atoms with Crippen molar-refractivity contribution in [1.29, 1.82) is 0 Å². The van der Waals surface area contributed by atoms with Crippen LogP contribution in [0.1, 0.15) is 21.7 Å². The Kier molecular flexibility index (Phi) is 5.17. The number of aryl methyl sites for hydroxylation is 1. The number of hydrogen-bond donors (Lipinski definition) is 2. The van der Waals surface area contributed by atoms with Gasteiger partial charge >= 0.3 is 6.18 Å². The minimum Gasteiger partial charge on any atom is -0.481 e. The highest BCUT2D eigenvalue weighted by Crippen LogP contribution is 2.38. The molecule has 164 valence electrons. The number of pyridine rings is 1. The number of aromatic amines is 1. The summed E-state index contributed by atoms with van der Waals surface area (Å²) in [7, 11) is 1.40. The maximum Gasteiger partial charge on any atom is 0.433 e. The number of carbonyl (C=O) groups excluding carboxylic acids is 1. The third-order valence-corrected chi connectivity index (χ3v) is 4.71. The number of halogens is 3. The number of nitrogens with one attached hydrogen (secondary N) is 2. The first-order valence-corrected chi connectivity index (χ1v) is 9.31. The number of rotatable bonds is 4. The minimum absolute atomic E-state index is 0.0275. The van der Waals surface area contributed by atoms with Gasteiger partial charge in [-0.15, -0.1) is 0 Å². The predicted octanol–water partition coefficient (Wildman–Crippen LogP) is 3.67. The summed E-state index contributed by atoms with van der Waals surface area (Å²) in [6.07, 6.45) is -4.79. The van der Waals surface area contributed by atoms with Gasteiger partial charge in [-0.1, -0.05) is 36.4 Å². The number of nitrogens with zero attached hydrogens (tertiary/aromatic N) is 3. The second-order valence-corrected chi connectivity index (χ2v) is 6.78. The second-order valence-electron chi connectivity index (χ2n) is 6.78. The number of aromatic nitrogens is 4. The Labute approximate surface area is 178 Å². The monoisotopic (exact) mass is 443 g/mol. The third kappa shape index (κ3) is 3.68. The molecule has 0 aliphatic heterocycles. The maximum absolute atomic E-state index is 13.7. The lowest BCUT2D eigenvalue weighted by atomic mass is 10.1. The zero-order chi connectivity index (χ0) is 23.0. The SMILES string of the molecule is COc1cccc(NC(=O)c2c(C)nc3c(-c4ccccc4)c(C(F)(F)F)[nH]n3c2=O)n1. The highest BCUT2D eigenvalue weighted by atomic mass is 19.4. The summed E-state index contributed by atoms with van der Waals surface area (Å²) in [5.74, 6) is -0.526. The second kappa shape index (κ2) is 7.84. The maximum atomic E-state index is 13.7. The zero-order valence-electron chi connectivity index (χ0n) is 16.8. The van der Waals surface area contributed by atoms with E-state index in [9.17, 15) is 22.8 Å². The van der Waals surface area contributed by atoms with Crippen molar-refractivity contribution in [2.45, 2.75) is 13.1 Å². The fraction of sp³-hybridized carbons (Fsp3) is 0.143. The summed E-state index contributed by atoms with van der Waals surface area (Å²) in [5, 5.41) is 4.52. The smallest absolute Gasteiger partial charge is 0.433 e. The Morgan fingerprint density at radius 1 is 1.09 bits per heavy atom. The van der Waals surface area contributed by atoms with Crippen molar-refractivity contribution in [2.24, 2.45) is 0 Å². The molecule has 0 unspecified atom stereocenters. The van der Waals surface area contributed by atoms with E-state index in [-0.39, 0.29) is 34.2 Å². The molecule has 8 nitrogen and oxygen atoms in total. The molecule has 0 saturated heterocycles. The Morgan fingerprint density at radius 3 is 2.47 bits per heavy atom. The number of benzene rings is 1. The summed E-state index contributed by atoms with van der Waals surface area (Å²) in [4.78, 5) is 34.0. The fourth-order valence-electron chi connectivity index (χ4n) is 3.30. The molecule has 4 rings (SSSR count). The van der Waals surface area contributed by atoms with Gasteiger partial charge in [-0.05, 0) is 18.6 Å². The first kappa shape index (κ1) is 21.1. The first-order valence-electron chi connectivity index (χ1n) is 9.31. The van der Waals surface area contributed by atoms with Crippen molar-refractivity contribution in [3.63, 3.8) is 0 Å². The number of carbonyl (C=O) groups is 1. The van der Waals surface area contributed by atoms with Gasteiger partial charge in [-0.25, -0.2) is 4.98 Å². The van der Waals surface area contributed by atoms with E-state index in [0.717, 1.165) is 0 Å². The molecule has 0 bridgehead atoms. The standard InChI is InChI=1S/C21H16F3N5O3/c1-11-15(19(30)27-13-9-6-10-14(26-13)32-2)20(31)29-18(25-11)16(12-7-4-3-5-8-12)17(28-29)21(22,23)24/h3-10,28H,1-2H3,(H,26,27,30). The predicted molar refractivity (Wildman–Crippen MR) is 110 cm³/mol. The molecule has 3 heterocycles. The molecular formula is C21H16F3N5O3. The molecular weight excluding hydrogens is 427 g/mol. The van der Waals surface area contributed by atoms with Gasteiger partial charge in [0.25, 0.3) is 11.5 Å². The number of alkyl halides is 3. The normalized spacial score (nSPS) is 11.5. The Bertz CT molecular complexity index is 1380. The molecule has 3 aromatic heterocycles. The molecule has 0 aliphatic rings. The van der Waals surface area contributed by atoms with Crippen molar-refractivity contribution >= 4 is 17.4 Å². The molecule has 0 atom stereocenters. The van der Waals surface area contributed by atoms with E-state index in [2.05, 4.69) is 20.4 Å². The average Bonchev–Trinajstić information content (AvgIpc) is 3.14. The number of H-pyrrole nitrogens is 1. The van der Waals surface area contributed by atoms with E-state index in [0.29, 0.717) is 4.52 Å². The largest absolute Gasteiger partial charge is 0.481 e. The first-order chi connectivity index (χ1) is 15.2. The average molecular weight is 443 g/mol. The molecule has 4 aromatic rings. The van der Waals surface area contributed by atoms with Crippen LogP contribution in [0.3, 0.4) is 0 Å². The Balaban J connectivity index is 1.88. The lowest BCUT2D eigenvalue weighted by molar-refractivity contribution is -0.140. The van der Waals surface area contributed by atoms with Crippen molar-refractivity contribution in [3.05, 3.63) is 75.8 Å². The summed E-state index contributed by atoms with van der Waals surface area (Å²) in [6.45, 7) is 1.38. The van der Waals surface area contributed by atoms with Gasteiger partial charge in [0, 0.05) is 6.07 Å². The molecule has 1 aromatic carbocycles. The van der Waals surface area contributed by atoms with Gasteiger partial charge in [0.05, 0.1) is 18.4 Å². The third-order valence-electron chi connectivity index (χ3n) is 4.71. The highest BCUT2D eigenvalue weighted by Gasteiger charge is 2.38. The van der Waals surface area contributed by atoms with Gasteiger partial charge in [0.2, 0.25) is 5.88 Å². The van der Waals surface area contributed by atoms with Gasteiger partial charge in [0.15, 0.2) is 5.65 Å². The van der Waals surface area contributed by atoms with Crippen LogP contribution in [0.5, 0.6) is 5.88 Å². The number of hydrogen-bond acceptors (Lipinski definition) is 5. The number of ether oxygens (including phenoxy) is 1. The van der Waals surface area contributed by atoms with E-state index in [1.807, 2.05) is 0 Å². The number of methoxy groups -OCH3 is 1. The Hall–Kier alpha value is -4.15. The number of anilines is 1. The van der Waals surface area contributed by atoms with Gasteiger partial charge in [-0.3, -0.25) is 14.7 Å². The van der Waals surface area contributed by atoms with Crippen molar-refractivity contribution in [1.82, 2.24) is 19.6 Å². The molecule has 0 saturated carbocycles. The van der Waals surface area contributed by atoms with Crippen LogP contribution in [0.15, 0.2) is 53.3 Å². The van der Waals surface area contributed by atoms with Crippen LogP contribution in [-0.2, 0) is 6.18 Å². The lowest BCUT2D eigenvalue weighted by Gasteiger charge is -2.08. The topological polar surface area (TPSA) is 101 Å². The quantitative estimate of drug-likeness (QED) is 0.501. The van der Waals surface area contributed by atoms with Crippen molar-refractivity contribution in [2.75, 3.05) is 12.4 Å². The molecule has 32 heavy (non-hydrogen) atoms. The highest BCUT2D eigenvalue weighted by molar-refractivity contribution is 6.04. The van der Waals surface area contributed by atoms with Crippen LogP contribution in [0.4, 0.5) is 19.0 Å². The van der Waals surface area contributed by atoms with Gasteiger partial charge < -0.3 is 10.1 Å². The molecule has 1 amide bonds. The molecule has 0 aliphatic carbocycles. The fourth-order valence-corrected chi connectivity index (χ4v) is 3.30. The molecule has 0 fully saturated rings. The minimum atomic E-state index is -4.79. The van der Waals surface area contributed by atoms with Crippen LogP contribution in [-0.4, -0.2) is 32.6 Å². The van der Waals surface area contributed by atoms with Crippen LogP contribution in [0.25, 0.3) is 16.8 Å². The van der Waals surface area contributed by atoms with Crippen LogP contribution >= 0.6 is 0 Å². The molecule has 0 spiro atoms.